The smallest absolute Gasteiger partial charge is 0.0345 e. The molecule has 0 heterocycles. The van der Waals surface area contributed by atoms with Crippen molar-refractivity contribution in [2.24, 2.45) is 5.73 Å². The molecule has 1 fully saturated rings. The van der Waals surface area contributed by atoms with Gasteiger partial charge in [-0.1, -0.05) is 6.07 Å². The Morgan fingerprint density at radius 1 is 1.13 bits per heavy atom. The first-order valence-electron chi connectivity index (χ1n) is 5.95. The number of anilines is 1. The Hall–Kier alpha value is -1.02. The molecule has 1 aromatic carbocycles. The maximum Gasteiger partial charge on any atom is 0.0345 e. The van der Waals surface area contributed by atoms with Crippen LogP contribution in [0.15, 0.2) is 18.2 Å². The summed E-state index contributed by atoms with van der Waals surface area (Å²) in [5.41, 5.74) is 10.1. The van der Waals surface area contributed by atoms with Gasteiger partial charge >= 0.3 is 0 Å². The van der Waals surface area contributed by atoms with Crippen molar-refractivity contribution in [2.75, 3.05) is 5.32 Å². The topological polar surface area (TPSA) is 38.0 Å². The Morgan fingerprint density at radius 2 is 1.93 bits per heavy atom. The first-order valence-corrected chi connectivity index (χ1v) is 5.95. The molecular formula is C13H18N2. The van der Waals surface area contributed by atoms with Gasteiger partial charge in [-0.15, -0.1) is 0 Å². The molecule has 0 atom stereocenters. The van der Waals surface area contributed by atoms with Gasteiger partial charge in [-0.2, -0.15) is 0 Å². The van der Waals surface area contributed by atoms with Crippen LogP contribution in [-0.2, 0) is 12.8 Å². The highest BCUT2D eigenvalue weighted by atomic mass is 15.0. The fourth-order valence-electron chi connectivity index (χ4n) is 2.68. The molecule has 3 rings (SSSR count). The van der Waals surface area contributed by atoms with Gasteiger partial charge in [-0.05, 0) is 55.4 Å². The molecule has 0 radical (unpaired) electrons. The van der Waals surface area contributed by atoms with E-state index in [9.17, 15) is 0 Å². The van der Waals surface area contributed by atoms with E-state index in [0.717, 1.165) is 12.8 Å². The Kier molecular flexibility index (Phi) is 2.17. The minimum Gasteiger partial charge on any atom is -0.382 e. The highest BCUT2D eigenvalue weighted by molar-refractivity contribution is 5.51. The zero-order valence-corrected chi connectivity index (χ0v) is 9.00. The molecule has 2 aliphatic carbocycles. The summed E-state index contributed by atoms with van der Waals surface area (Å²) in [7, 11) is 0. The summed E-state index contributed by atoms with van der Waals surface area (Å²) < 4.78 is 0. The molecule has 3 N–H and O–H groups in total. The fourth-order valence-corrected chi connectivity index (χ4v) is 2.68. The van der Waals surface area contributed by atoms with E-state index in [0.29, 0.717) is 12.1 Å². The van der Waals surface area contributed by atoms with E-state index in [4.69, 9.17) is 5.73 Å². The van der Waals surface area contributed by atoms with Crippen molar-refractivity contribution in [3.63, 3.8) is 0 Å². The second kappa shape index (κ2) is 3.53. The van der Waals surface area contributed by atoms with E-state index in [1.165, 1.54) is 24.9 Å². The largest absolute Gasteiger partial charge is 0.382 e. The van der Waals surface area contributed by atoms with Gasteiger partial charge in [0.25, 0.3) is 0 Å². The summed E-state index contributed by atoms with van der Waals surface area (Å²) >= 11 is 0. The number of aryl methyl sites for hydroxylation is 2. The first-order chi connectivity index (χ1) is 7.31. The summed E-state index contributed by atoms with van der Waals surface area (Å²) in [4.78, 5) is 0. The Morgan fingerprint density at radius 3 is 2.73 bits per heavy atom. The molecule has 2 heteroatoms. The first kappa shape index (κ1) is 9.22. The second-order valence-corrected chi connectivity index (χ2v) is 4.91. The third-order valence-electron chi connectivity index (χ3n) is 3.64. The molecule has 0 unspecified atom stereocenters. The van der Waals surface area contributed by atoms with Gasteiger partial charge in [-0.3, -0.25) is 0 Å². The molecule has 15 heavy (non-hydrogen) atoms. The zero-order valence-electron chi connectivity index (χ0n) is 9.00. The summed E-state index contributed by atoms with van der Waals surface area (Å²) in [6.45, 7) is 0. The lowest BCUT2D eigenvalue weighted by atomic mass is 9.87. The van der Waals surface area contributed by atoms with Crippen LogP contribution in [-0.4, -0.2) is 12.1 Å². The normalized spacial score (nSPS) is 28.3. The fraction of sp³-hybridized carbons (Fsp3) is 0.538. The van der Waals surface area contributed by atoms with Crippen LogP contribution in [0.5, 0.6) is 0 Å². The van der Waals surface area contributed by atoms with Crippen molar-refractivity contribution >= 4 is 5.69 Å². The number of fused-ring (bicyclic) bond motifs is 1. The van der Waals surface area contributed by atoms with Crippen molar-refractivity contribution < 1.29 is 0 Å². The van der Waals surface area contributed by atoms with Gasteiger partial charge in [-0.25, -0.2) is 0 Å². The minimum atomic E-state index is 0.428. The van der Waals surface area contributed by atoms with E-state index >= 15 is 0 Å². The van der Waals surface area contributed by atoms with Crippen LogP contribution in [0.25, 0.3) is 0 Å². The number of hydrogen-bond acceptors (Lipinski definition) is 2. The third kappa shape index (κ3) is 1.74. The van der Waals surface area contributed by atoms with Crippen LogP contribution in [0.4, 0.5) is 5.69 Å². The van der Waals surface area contributed by atoms with Gasteiger partial charge in [0.05, 0.1) is 0 Å². The third-order valence-corrected chi connectivity index (χ3v) is 3.64. The molecule has 2 nitrogen and oxygen atoms in total. The van der Waals surface area contributed by atoms with Gasteiger partial charge in [0.1, 0.15) is 0 Å². The summed E-state index contributed by atoms with van der Waals surface area (Å²) in [5.74, 6) is 0. The summed E-state index contributed by atoms with van der Waals surface area (Å²) in [6, 6.07) is 7.86. The van der Waals surface area contributed by atoms with Crippen LogP contribution >= 0.6 is 0 Å². The molecule has 0 bridgehead atoms. The lowest BCUT2D eigenvalue weighted by molar-refractivity contribution is 0.373. The van der Waals surface area contributed by atoms with Crippen LogP contribution in [0, 0.1) is 0 Å². The summed E-state index contributed by atoms with van der Waals surface area (Å²) in [5, 5.41) is 3.56. The lowest BCUT2D eigenvalue weighted by Gasteiger charge is -2.33. The van der Waals surface area contributed by atoms with Crippen LogP contribution in [0.2, 0.25) is 0 Å². The average molecular weight is 202 g/mol. The van der Waals surface area contributed by atoms with Gasteiger partial charge in [0.15, 0.2) is 0 Å². The standard InChI is InChI=1S/C13H18N2/c14-11-7-13(8-11)15-12-5-4-9-2-1-3-10(9)6-12/h4-6,11,13,15H,1-3,7-8,14H2. The van der Waals surface area contributed by atoms with Gasteiger partial charge < -0.3 is 11.1 Å². The van der Waals surface area contributed by atoms with Crippen LogP contribution < -0.4 is 11.1 Å². The number of nitrogens with one attached hydrogen (secondary N) is 1. The van der Waals surface area contributed by atoms with E-state index in [1.54, 1.807) is 11.1 Å². The van der Waals surface area contributed by atoms with Crippen LogP contribution in [0.3, 0.4) is 0 Å². The van der Waals surface area contributed by atoms with Crippen molar-refractivity contribution in [1.82, 2.24) is 0 Å². The molecule has 1 saturated carbocycles. The van der Waals surface area contributed by atoms with Crippen molar-refractivity contribution in [2.45, 2.75) is 44.2 Å². The van der Waals surface area contributed by atoms with Gasteiger partial charge in [0, 0.05) is 17.8 Å². The molecule has 0 spiro atoms. The number of benzene rings is 1. The summed E-state index contributed by atoms with van der Waals surface area (Å²) in [6.07, 6.45) is 6.10. The van der Waals surface area contributed by atoms with Crippen LogP contribution in [0.1, 0.15) is 30.4 Å². The van der Waals surface area contributed by atoms with Crippen molar-refractivity contribution in [3.05, 3.63) is 29.3 Å². The molecule has 2 aliphatic rings. The minimum absolute atomic E-state index is 0.428. The highest BCUT2D eigenvalue weighted by Gasteiger charge is 2.25. The highest BCUT2D eigenvalue weighted by Crippen LogP contribution is 2.27. The number of hydrogen-bond donors (Lipinski definition) is 2. The van der Waals surface area contributed by atoms with Crippen molar-refractivity contribution in [1.29, 1.82) is 0 Å². The second-order valence-electron chi connectivity index (χ2n) is 4.91. The SMILES string of the molecule is NC1CC(Nc2ccc3c(c2)CCC3)C1. The Labute approximate surface area is 90.9 Å². The zero-order chi connectivity index (χ0) is 10.3. The van der Waals surface area contributed by atoms with Gasteiger partial charge in [0.2, 0.25) is 0 Å². The molecule has 0 aliphatic heterocycles. The van der Waals surface area contributed by atoms with E-state index in [1.807, 2.05) is 0 Å². The number of rotatable bonds is 2. The lowest BCUT2D eigenvalue weighted by Crippen LogP contribution is -2.44. The molecule has 0 amide bonds. The van der Waals surface area contributed by atoms with Crippen molar-refractivity contribution in [3.8, 4) is 0 Å². The number of nitrogens with two attached hydrogens (primary N) is 1. The monoisotopic (exact) mass is 202 g/mol. The quantitative estimate of drug-likeness (QED) is 0.770. The molecule has 0 aromatic heterocycles. The predicted octanol–water partition coefficient (Wildman–Crippen LogP) is 2.08. The Balaban J connectivity index is 1.70. The molecule has 80 valence electrons. The Bertz CT molecular complexity index is 367. The molecule has 1 aromatic rings. The van der Waals surface area contributed by atoms with E-state index in [2.05, 4.69) is 23.5 Å². The van der Waals surface area contributed by atoms with E-state index < -0.39 is 0 Å². The molecule has 0 saturated heterocycles. The predicted molar refractivity (Wildman–Crippen MR) is 63.1 cm³/mol. The maximum atomic E-state index is 5.77. The molecular weight excluding hydrogens is 184 g/mol. The maximum absolute atomic E-state index is 5.77. The van der Waals surface area contributed by atoms with E-state index in [-0.39, 0.29) is 0 Å². The average Bonchev–Trinajstić information content (AvgIpc) is 2.62.